The second kappa shape index (κ2) is 6.63. The number of nitrogens with one attached hydrogen (secondary N) is 1. The third kappa shape index (κ3) is 4.31. The van der Waals surface area contributed by atoms with E-state index in [0.29, 0.717) is 6.04 Å². The lowest BCUT2D eigenvalue weighted by Crippen LogP contribution is -2.17. The van der Waals surface area contributed by atoms with Crippen LogP contribution in [-0.2, 0) is 0 Å². The van der Waals surface area contributed by atoms with E-state index in [1.165, 1.54) is 11.5 Å². The van der Waals surface area contributed by atoms with E-state index in [0.717, 1.165) is 23.5 Å². The fraction of sp³-hybridized carbons (Fsp3) is 0.583. The quantitative estimate of drug-likeness (QED) is 0.749. The van der Waals surface area contributed by atoms with Crippen molar-refractivity contribution in [1.29, 1.82) is 0 Å². The summed E-state index contributed by atoms with van der Waals surface area (Å²) >= 11 is 1.97. The zero-order chi connectivity index (χ0) is 12.0. The van der Waals surface area contributed by atoms with Crippen LogP contribution in [0.25, 0.3) is 0 Å². The second-order valence-electron chi connectivity index (χ2n) is 3.96. The number of hydrogen-bond donors (Lipinski definition) is 2. The molecule has 0 amide bonds. The third-order valence-electron chi connectivity index (χ3n) is 2.44. The van der Waals surface area contributed by atoms with E-state index in [2.05, 4.69) is 24.1 Å². The first-order valence-corrected chi connectivity index (χ1v) is 6.85. The molecule has 0 fully saturated rings. The average molecular weight is 239 g/mol. The Labute approximate surface area is 102 Å². The summed E-state index contributed by atoms with van der Waals surface area (Å²) in [6.45, 7) is 6.33. The van der Waals surface area contributed by atoms with Crippen LogP contribution in [0, 0.1) is 6.92 Å². The van der Waals surface area contributed by atoms with E-state index in [1.807, 2.05) is 30.9 Å². The number of nitrogens with two attached hydrogens (primary N) is 1. The first-order valence-electron chi connectivity index (χ1n) is 5.70. The van der Waals surface area contributed by atoms with Crippen LogP contribution < -0.4 is 11.1 Å². The summed E-state index contributed by atoms with van der Waals surface area (Å²) in [6, 6.07) is 2.34. The minimum absolute atomic E-state index is 0.439. The molecule has 0 aromatic carbocycles. The largest absolute Gasteiger partial charge is 0.398 e. The summed E-state index contributed by atoms with van der Waals surface area (Å²) in [7, 11) is 0. The van der Waals surface area contributed by atoms with Gasteiger partial charge in [0.2, 0.25) is 0 Å². The van der Waals surface area contributed by atoms with Crippen LogP contribution in [-0.4, -0.2) is 22.5 Å². The fourth-order valence-electron chi connectivity index (χ4n) is 1.35. The van der Waals surface area contributed by atoms with Gasteiger partial charge in [-0.05, 0) is 37.3 Å². The van der Waals surface area contributed by atoms with Gasteiger partial charge in [-0.3, -0.25) is 0 Å². The Kier molecular flexibility index (Phi) is 5.46. The molecule has 1 unspecified atom stereocenters. The van der Waals surface area contributed by atoms with Crippen LogP contribution in [0.4, 0.5) is 11.5 Å². The van der Waals surface area contributed by atoms with Gasteiger partial charge in [0, 0.05) is 24.0 Å². The van der Waals surface area contributed by atoms with Crippen LogP contribution in [0.5, 0.6) is 0 Å². The molecule has 3 nitrogen and oxygen atoms in total. The van der Waals surface area contributed by atoms with Crippen molar-refractivity contribution in [2.75, 3.05) is 22.6 Å². The maximum atomic E-state index is 5.83. The van der Waals surface area contributed by atoms with E-state index in [1.54, 1.807) is 0 Å². The predicted octanol–water partition coefficient (Wildman–Crippen LogP) is 2.92. The van der Waals surface area contributed by atoms with Crippen LogP contribution in [0.1, 0.15) is 25.8 Å². The van der Waals surface area contributed by atoms with Crippen molar-refractivity contribution in [2.24, 2.45) is 0 Å². The fourth-order valence-corrected chi connectivity index (χ4v) is 2.16. The molecule has 16 heavy (non-hydrogen) atoms. The van der Waals surface area contributed by atoms with Crippen LogP contribution >= 0.6 is 11.8 Å². The summed E-state index contributed by atoms with van der Waals surface area (Å²) in [6.07, 6.45) is 2.96. The van der Waals surface area contributed by atoms with Crippen molar-refractivity contribution in [3.05, 3.63) is 17.8 Å². The molecular weight excluding hydrogens is 218 g/mol. The van der Waals surface area contributed by atoms with Crippen molar-refractivity contribution < 1.29 is 0 Å². The van der Waals surface area contributed by atoms with Crippen molar-refractivity contribution >= 4 is 23.3 Å². The van der Waals surface area contributed by atoms with Crippen molar-refractivity contribution in [2.45, 2.75) is 33.2 Å². The molecule has 1 aromatic heterocycles. The molecule has 1 rings (SSSR count). The summed E-state index contributed by atoms with van der Waals surface area (Å²) in [4.78, 5) is 4.31. The van der Waals surface area contributed by atoms with E-state index in [9.17, 15) is 0 Å². The molecule has 0 saturated carbocycles. The van der Waals surface area contributed by atoms with Crippen molar-refractivity contribution in [1.82, 2.24) is 4.98 Å². The molecule has 0 aliphatic heterocycles. The van der Waals surface area contributed by atoms with Gasteiger partial charge < -0.3 is 11.1 Å². The number of thioether (sulfide) groups is 1. The van der Waals surface area contributed by atoms with Crippen LogP contribution in [0.15, 0.2) is 12.3 Å². The Morgan fingerprint density at radius 3 is 2.94 bits per heavy atom. The average Bonchev–Trinajstić information content (AvgIpc) is 2.24. The number of aromatic nitrogens is 1. The van der Waals surface area contributed by atoms with Gasteiger partial charge in [-0.1, -0.05) is 6.92 Å². The molecule has 0 saturated heterocycles. The lowest BCUT2D eigenvalue weighted by Gasteiger charge is -2.14. The van der Waals surface area contributed by atoms with Crippen LogP contribution in [0.3, 0.4) is 0 Å². The number of nitrogen functional groups attached to an aromatic ring is 1. The smallest absolute Gasteiger partial charge is 0.128 e. The number of rotatable bonds is 6. The number of nitrogens with zero attached hydrogens (tertiary/aromatic N) is 1. The second-order valence-corrected chi connectivity index (χ2v) is 5.35. The molecule has 0 radical (unpaired) electrons. The first-order chi connectivity index (χ1) is 7.63. The normalized spacial score (nSPS) is 12.4. The van der Waals surface area contributed by atoms with Gasteiger partial charge in [0.25, 0.3) is 0 Å². The highest BCUT2D eigenvalue weighted by Gasteiger charge is 2.03. The topological polar surface area (TPSA) is 50.9 Å². The molecule has 1 aromatic rings. The lowest BCUT2D eigenvalue weighted by molar-refractivity contribution is 0.766. The standard InChI is InChI=1S/C12H21N3S/c1-4-16-6-5-10(3)15-12-7-11(13)9(2)8-14-12/h7-8,10H,4-6H2,1-3H3,(H3,13,14,15). The molecule has 0 aliphatic carbocycles. The van der Waals surface area contributed by atoms with Gasteiger partial charge >= 0.3 is 0 Å². The molecule has 1 atom stereocenters. The summed E-state index contributed by atoms with van der Waals surface area (Å²) < 4.78 is 0. The Morgan fingerprint density at radius 1 is 1.56 bits per heavy atom. The summed E-state index contributed by atoms with van der Waals surface area (Å²) in [5.41, 5.74) is 7.66. The van der Waals surface area contributed by atoms with Crippen LogP contribution in [0.2, 0.25) is 0 Å². The van der Waals surface area contributed by atoms with Gasteiger partial charge in [-0.25, -0.2) is 4.98 Å². The Bertz CT molecular complexity index is 328. The number of pyridine rings is 1. The zero-order valence-corrected chi connectivity index (χ0v) is 11.1. The minimum atomic E-state index is 0.439. The molecule has 1 heterocycles. The Balaban J connectivity index is 2.43. The van der Waals surface area contributed by atoms with Gasteiger partial charge in [0.15, 0.2) is 0 Å². The van der Waals surface area contributed by atoms with Gasteiger partial charge in [0.05, 0.1) is 0 Å². The highest BCUT2D eigenvalue weighted by Crippen LogP contribution is 2.15. The molecular formula is C12H21N3S. The van der Waals surface area contributed by atoms with Crippen molar-refractivity contribution in [3.63, 3.8) is 0 Å². The minimum Gasteiger partial charge on any atom is -0.398 e. The Morgan fingerprint density at radius 2 is 2.31 bits per heavy atom. The number of aryl methyl sites for hydroxylation is 1. The maximum Gasteiger partial charge on any atom is 0.128 e. The Hall–Kier alpha value is -0.900. The van der Waals surface area contributed by atoms with Gasteiger partial charge in [-0.15, -0.1) is 0 Å². The van der Waals surface area contributed by atoms with E-state index in [4.69, 9.17) is 5.73 Å². The van der Waals surface area contributed by atoms with E-state index in [-0.39, 0.29) is 0 Å². The predicted molar refractivity (Wildman–Crippen MR) is 74.1 cm³/mol. The molecule has 90 valence electrons. The lowest BCUT2D eigenvalue weighted by atomic mass is 10.2. The molecule has 0 bridgehead atoms. The molecule has 0 spiro atoms. The highest BCUT2D eigenvalue weighted by molar-refractivity contribution is 7.99. The SMILES string of the molecule is CCSCCC(C)Nc1cc(N)c(C)cn1. The van der Waals surface area contributed by atoms with Gasteiger partial charge in [-0.2, -0.15) is 11.8 Å². The summed E-state index contributed by atoms with van der Waals surface area (Å²) in [5.74, 6) is 3.24. The third-order valence-corrected chi connectivity index (χ3v) is 3.37. The van der Waals surface area contributed by atoms with E-state index >= 15 is 0 Å². The van der Waals surface area contributed by atoms with Gasteiger partial charge in [0.1, 0.15) is 5.82 Å². The highest BCUT2D eigenvalue weighted by atomic mass is 32.2. The monoisotopic (exact) mass is 239 g/mol. The molecule has 4 heteroatoms. The van der Waals surface area contributed by atoms with E-state index < -0.39 is 0 Å². The summed E-state index contributed by atoms with van der Waals surface area (Å²) in [5, 5.41) is 3.36. The zero-order valence-electron chi connectivity index (χ0n) is 10.3. The first kappa shape index (κ1) is 13.2. The molecule has 0 aliphatic rings. The molecule has 3 N–H and O–H groups in total. The maximum absolute atomic E-state index is 5.83. The van der Waals surface area contributed by atoms with Crippen molar-refractivity contribution in [3.8, 4) is 0 Å². The number of hydrogen-bond acceptors (Lipinski definition) is 4. The number of anilines is 2.